The lowest BCUT2D eigenvalue weighted by Crippen LogP contribution is -2.37. The Hall–Kier alpha value is -2.44. The van der Waals surface area contributed by atoms with Gasteiger partial charge in [0.2, 0.25) is 0 Å². The molecule has 110 valence electrons. The van der Waals surface area contributed by atoms with E-state index in [1.807, 2.05) is 24.0 Å². The molecule has 0 radical (unpaired) electrons. The number of carbonyl (C=O) groups is 1. The first-order chi connectivity index (χ1) is 10.1. The molecule has 0 aromatic carbocycles. The summed E-state index contributed by atoms with van der Waals surface area (Å²) in [5, 5.41) is 13.2. The average molecular weight is 287 g/mol. The largest absolute Gasteiger partial charge is 0.476 e. The molecule has 7 heteroatoms. The maximum atomic E-state index is 10.8. The lowest BCUT2D eigenvalue weighted by atomic mass is 10.1. The highest BCUT2D eigenvalue weighted by molar-refractivity contribution is 5.84. The second-order valence-corrected chi connectivity index (χ2v) is 5.30. The van der Waals surface area contributed by atoms with Gasteiger partial charge >= 0.3 is 5.97 Å². The third kappa shape index (κ3) is 2.86. The van der Waals surface area contributed by atoms with Crippen LogP contribution in [0, 0.1) is 6.92 Å². The minimum absolute atomic E-state index is 0.0324. The predicted octanol–water partition coefficient (Wildman–Crippen LogP) is 1.52. The van der Waals surface area contributed by atoms with Crippen molar-refractivity contribution >= 4 is 11.8 Å². The van der Waals surface area contributed by atoms with E-state index in [2.05, 4.69) is 20.0 Å². The molecule has 1 aliphatic heterocycles. The zero-order valence-electron chi connectivity index (χ0n) is 11.8. The van der Waals surface area contributed by atoms with E-state index in [-0.39, 0.29) is 5.69 Å². The van der Waals surface area contributed by atoms with Crippen molar-refractivity contribution in [2.45, 2.75) is 25.8 Å². The molecule has 0 saturated carbocycles. The highest BCUT2D eigenvalue weighted by Crippen LogP contribution is 2.24. The van der Waals surface area contributed by atoms with E-state index in [4.69, 9.17) is 5.11 Å². The quantitative estimate of drug-likeness (QED) is 0.921. The Balaban J connectivity index is 1.75. The van der Waals surface area contributed by atoms with Crippen LogP contribution < -0.4 is 4.90 Å². The van der Waals surface area contributed by atoms with Gasteiger partial charge in [-0.1, -0.05) is 0 Å². The number of aryl methyl sites for hydroxylation is 1. The van der Waals surface area contributed by atoms with Gasteiger partial charge < -0.3 is 10.0 Å². The molecular formula is C14H17N5O2. The van der Waals surface area contributed by atoms with Gasteiger partial charge in [0, 0.05) is 19.3 Å². The summed E-state index contributed by atoms with van der Waals surface area (Å²) in [6, 6.07) is 0.313. The number of hydrogen-bond acceptors (Lipinski definition) is 5. The summed E-state index contributed by atoms with van der Waals surface area (Å²) in [6.07, 6.45) is 8.87. The fourth-order valence-corrected chi connectivity index (χ4v) is 2.61. The van der Waals surface area contributed by atoms with Crippen molar-refractivity contribution in [3.63, 3.8) is 0 Å². The number of carboxylic acids is 1. The fourth-order valence-electron chi connectivity index (χ4n) is 2.61. The van der Waals surface area contributed by atoms with E-state index in [9.17, 15) is 4.79 Å². The van der Waals surface area contributed by atoms with Gasteiger partial charge in [0.15, 0.2) is 5.69 Å². The van der Waals surface area contributed by atoms with Crippen molar-refractivity contribution < 1.29 is 9.90 Å². The van der Waals surface area contributed by atoms with Crippen LogP contribution in [0.15, 0.2) is 24.8 Å². The average Bonchev–Trinajstić information content (AvgIpc) is 2.94. The van der Waals surface area contributed by atoms with Gasteiger partial charge in [-0.2, -0.15) is 5.10 Å². The minimum atomic E-state index is -1.06. The second kappa shape index (κ2) is 5.51. The molecule has 1 aliphatic rings. The Kier molecular flexibility index (Phi) is 3.55. The van der Waals surface area contributed by atoms with Gasteiger partial charge in [-0.05, 0) is 25.3 Å². The van der Waals surface area contributed by atoms with Crippen molar-refractivity contribution in [3.8, 4) is 0 Å². The van der Waals surface area contributed by atoms with E-state index in [1.165, 1.54) is 12.4 Å². The van der Waals surface area contributed by atoms with E-state index in [0.717, 1.165) is 31.5 Å². The number of anilines is 1. The molecule has 1 N–H and O–H groups in total. The molecule has 0 amide bonds. The zero-order chi connectivity index (χ0) is 14.8. The maximum absolute atomic E-state index is 10.8. The van der Waals surface area contributed by atoms with Crippen molar-refractivity contribution in [1.29, 1.82) is 0 Å². The molecule has 0 bridgehead atoms. The molecule has 3 rings (SSSR count). The number of hydrogen-bond donors (Lipinski definition) is 1. The van der Waals surface area contributed by atoms with Crippen molar-refractivity contribution in [2.24, 2.45) is 0 Å². The highest BCUT2D eigenvalue weighted by Gasteiger charge is 2.23. The summed E-state index contributed by atoms with van der Waals surface area (Å²) < 4.78 is 2.00. The SMILES string of the molecule is Cc1cnn(C2CCCN(c3cnc(C(=O)O)cn3)C2)c1. The molecule has 1 saturated heterocycles. The molecule has 1 fully saturated rings. The Morgan fingerprint density at radius 2 is 2.19 bits per heavy atom. The summed E-state index contributed by atoms with van der Waals surface area (Å²) >= 11 is 0. The topological polar surface area (TPSA) is 84.1 Å². The molecule has 0 aliphatic carbocycles. The van der Waals surface area contributed by atoms with E-state index >= 15 is 0 Å². The molecule has 1 atom stereocenters. The Bertz CT molecular complexity index is 637. The summed E-state index contributed by atoms with van der Waals surface area (Å²) in [4.78, 5) is 21.1. The van der Waals surface area contributed by atoms with Crippen LogP contribution in [0.1, 0.15) is 34.9 Å². The summed E-state index contributed by atoms with van der Waals surface area (Å²) in [6.45, 7) is 3.74. The Morgan fingerprint density at radius 3 is 2.81 bits per heavy atom. The maximum Gasteiger partial charge on any atom is 0.356 e. The first kappa shape index (κ1) is 13.5. The van der Waals surface area contributed by atoms with Gasteiger partial charge in [-0.3, -0.25) is 4.68 Å². The first-order valence-corrected chi connectivity index (χ1v) is 6.94. The van der Waals surface area contributed by atoms with Gasteiger partial charge in [0.25, 0.3) is 0 Å². The summed E-state index contributed by atoms with van der Waals surface area (Å²) in [5.74, 6) is -0.342. The normalized spacial score (nSPS) is 18.7. The summed E-state index contributed by atoms with van der Waals surface area (Å²) in [7, 11) is 0. The second-order valence-electron chi connectivity index (χ2n) is 5.30. The standard InChI is InChI=1S/C14H17N5O2/c1-10-5-17-19(8-10)11-3-2-4-18(9-11)13-7-15-12(6-16-13)14(20)21/h5-8,11H,2-4,9H2,1H3,(H,20,21). The Labute approximate surface area is 122 Å². The van der Waals surface area contributed by atoms with Crippen molar-refractivity contribution in [1.82, 2.24) is 19.7 Å². The molecule has 3 heterocycles. The molecule has 21 heavy (non-hydrogen) atoms. The molecule has 7 nitrogen and oxygen atoms in total. The van der Waals surface area contributed by atoms with Crippen LogP contribution >= 0.6 is 0 Å². The fraction of sp³-hybridized carbons (Fsp3) is 0.429. The smallest absolute Gasteiger partial charge is 0.356 e. The molecule has 1 unspecified atom stereocenters. The van der Waals surface area contributed by atoms with Crippen LogP contribution in [0.4, 0.5) is 5.82 Å². The Morgan fingerprint density at radius 1 is 1.33 bits per heavy atom. The van der Waals surface area contributed by atoms with E-state index in [1.54, 1.807) is 0 Å². The van der Waals surface area contributed by atoms with Gasteiger partial charge in [-0.25, -0.2) is 14.8 Å². The van der Waals surface area contributed by atoms with Crippen molar-refractivity contribution in [2.75, 3.05) is 18.0 Å². The number of carboxylic acid groups (broad SMARTS) is 1. The lowest BCUT2D eigenvalue weighted by molar-refractivity contribution is 0.0690. The van der Waals surface area contributed by atoms with E-state index < -0.39 is 5.97 Å². The van der Waals surface area contributed by atoms with E-state index in [0.29, 0.717) is 11.9 Å². The summed E-state index contributed by atoms with van der Waals surface area (Å²) in [5.41, 5.74) is 1.12. The van der Waals surface area contributed by atoms with Gasteiger partial charge in [0.05, 0.1) is 24.6 Å². The van der Waals surface area contributed by atoms with Crippen LogP contribution in [0.5, 0.6) is 0 Å². The van der Waals surface area contributed by atoms with Crippen LogP contribution in [-0.4, -0.2) is 43.9 Å². The van der Waals surface area contributed by atoms with Gasteiger partial charge in [-0.15, -0.1) is 0 Å². The third-order valence-electron chi connectivity index (χ3n) is 3.68. The monoisotopic (exact) mass is 287 g/mol. The minimum Gasteiger partial charge on any atom is -0.476 e. The number of nitrogens with zero attached hydrogens (tertiary/aromatic N) is 5. The van der Waals surface area contributed by atoms with Gasteiger partial charge in [0.1, 0.15) is 5.82 Å². The van der Waals surface area contributed by atoms with Crippen LogP contribution in [0.3, 0.4) is 0 Å². The molecule has 2 aromatic rings. The zero-order valence-corrected chi connectivity index (χ0v) is 11.8. The number of rotatable bonds is 3. The van der Waals surface area contributed by atoms with Crippen LogP contribution in [0.25, 0.3) is 0 Å². The molecule has 2 aromatic heterocycles. The lowest BCUT2D eigenvalue weighted by Gasteiger charge is -2.33. The third-order valence-corrected chi connectivity index (χ3v) is 3.68. The number of piperidine rings is 1. The predicted molar refractivity (Wildman–Crippen MR) is 76.4 cm³/mol. The number of aromatic carboxylic acids is 1. The van der Waals surface area contributed by atoms with Crippen LogP contribution in [-0.2, 0) is 0 Å². The molecule has 0 spiro atoms. The first-order valence-electron chi connectivity index (χ1n) is 6.94. The van der Waals surface area contributed by atoms with Crippen LogP contribution in [0.2, 0.25) is 0 Å². The number of aromatic nitrogens is 4. The molecular weight excluding hydrogens is 270 g/mol. The van der Waals surface area contributed by atoms with Crippen molar-refractivity contribution in [3.05, 3.63) is 36.0 Å². The highest BCUT2D eigenvalue weighted by atomic mass is 16.4.